The summed E-state index contributed by atoms with van der Waals surface area (Å²) in [7, 11) is 0. The molecule has 2 heterocycles. The number of nitro benzene ring substituents is 1. The number of rotatable bonds is 5. The Balaban J connectivity index is 1.66. The lowest BCUT2D eigenvalue weighted by molar-refractivity contribution is -0.385. The number of carbonyl (C=O) groups is 1. The molecule has 1 atom stereocenters. The molecular formula is C15H17F2N3O5. The van der Waals surface area contributed by atoms with Gasteiger partial charge in [0.15, 0.2) is 17.9 Å². The summed E-state index contributed by atoms with van der Waals surface area (Å²) in [4.78, 5) is 24.3. The number of nitro groups is 1. The van der Waals surface area contributed by atoms with E-state index in [0.29, 0.717) is 18.7 Å². The minimum atomic E-state index is -1.09. The average molecular weight is 357 g/mol. The van der Waals surface area contributed by atoms with Crippen LogP contribution in [0.3, 0.4) is 0 Å². The van der Waals surface area contributed by atoms with Gasteiger partial charge in [0.05, 0.1) is 30.3 Å². The molecular weight excluding hydrogens is 340 g/mol. The highest BCUT2D eigenvalue weighted by Crippen LogP contribution is 2.30. The number of carbonyl (C=O) groups excluding carboxylic acids is 1. The Morgan fingerprint density at radius 1 is 1.32 bits per heavy atom. The summed E-state index contributed by atoms with van der Waals surface area (Å²) in [5.41, 5.74) is -1.14. The number of halogens is 2. The van der Waals surface area contributed by atoms with E-state index in [1.807, 2.05) is 0 Å². The molecule has 0 saturated carbocycles. The molecule has 3 rings (SSSR count). The Hall–Kier alpha value is -2.33. The highest BCUT2D eigenvalue weighted by molar-refractivity contribution is 5.85. The molecule has 2 aliphatic rings. The Morgan fingerprint density at radius 3 is 2.64 bits per heavy atom. The highest BCUT2D eigenvalue weighted by Gasteiger charge is 2.32. The third-order valence-electron chi connectivity index (χ3n) is 4.10. The molecule has 0 N–H and O–H groups in total. The molecule has 25 heavy (non-hydrogen) atoms. The average Bonchev–Trinajstić information content (AvgIpc) is 2.93. The van der Waals surface area contributed by atoms with Crippen molar-refractivity contribution >= 4 is 17.3 Å². The maximum Gasteiger partial charge on any atom is 0.275 e. The van der Waals surface area contributed by atoms with E-state index >= 15 is 0 Å². The Kier molecular flexibility index (Phi) is 5.09. The van der Waals surface area contributed by atoms with Crippen LogP contribution in [0.25, 0.3) is 0 Å². The van der Waals surface area contributed by atoms with Gasteiger partial charge in [-0.25, -0.2) is 8.78 Å². The van der Waals surface area contributed by atoms with Crippen molar-refractivity contribution < 1.29 is 28.0 Å². The van der Waals surface area contributed by atoms with Gasteiger partial charge < -0.3 is 14.4 Å². The van der Waals surface area contributed by atoms with Crippen molar-refractivity contribution in [1.82, 2.24) is 4.90 Å². The first-order chi connectivity index (χ1) is 12.0. The van der Waals surface area contributed by atoms with E-state index in [9.17, 15) is 23.7 Å². The van der Waals surface area contributed by atoms with Gasteiger partial charge in [-0.2, -0.15) is 0 Å². The predicted molar refractivity (Wildman–Crippen MR) is 81.6 cm³/mol. The van der Waals surface area contributed by atoms with Crippen LogP contribution in [-0.2, 0) is 14.3 Å². The molecule has 2 saturated heterocycles. The van der Waals surface area contributed by atoms with Crippen LogP contribution < -0.4 is 4.90 Å². The molecule has 0 aromatic heterocycles. The zero-order valence-electron chi connectivity index (χ0n) is 13.3. The summed E-state index contributed by atoms with van der Waals surface area (Å²) in [6.07, 6.45) is 2.29. The fourth-order valence-electron chi connectivity index (χ4n) is 2.84. The van der Waals surface area contributed by atoms with Crippen molar-refractivity contribution in [2.24, 2.45) is 0 Å². The van der Waals surface area contributed by atoms with Crippen LogP contribution in [0.4, 0.5) is 20.2 Å². The van der Waals surface area contributed by atoms with Gasteiger partial charge in [-0.1, -0.05) is 0 Å². The van der Waals surface area contributed by atoms with Crippen LogP contribution in [-0.4, -0.2) is 48.6 Å². The number of benzene rings is 1. The lowest BCUT2D eigenvalue weighted by Gasteiger charge is -2.25. The summed E-state index contributed by atoms with van der Waals surface area (Å²) in [5, 5.41) is 10.6. The fraction of sp³-hybridized carbons (Fsp3) is 0.533. The first kappa shape index (κ1) is 17.5. The van der Waals surface area contributed by atoms with Crippen molar-refractivity contribution in [3.8, 4) is 0 Å². The monoisotopic (exact) mass is 357 g/mol. The maximum absolute atomic E-state index is 14.1. The van der Waals surface area contributed by atoms with Crippen LogP contribution in [0.2, 0.25) is 0 Å². The van der Waals surface area contributed by atoms with E-state index in [4.69, 9.17) is 9.47 Å². The summed E-state index contributed by atoms with van der Waals surface area (Å²) < 4.78 is 39.1. The SMILES string of the molecule is O=C1CN(c2c(F)cc([N+](=O)[O-])cc2F)CN1COC1CCCCO1. The summed E-state index contributed by atoms with van der Waals surface area (Å²) in [6.45, 7) is 0.248. The van der Waals surface area contributed by atoms with Gasteiger partial charge in [-0.15, -0.1) is 0 Å². The third kappa shape index (κ3) is 3.85. The minimum absolute atomic E-state index is 0.0454. The largest absolute Gasteiger partial charge is 0.353 e. The Morgan fingerprint density at radius 2 is 2.04 bits per heavy atom. The quantitative estimate of drug-likeness (QED) is 0.592. The Bertz CT molecular complexity index is 658. The molecule has 1 aromatic carbocycles. The van der Waals surface area contributed by atoms with E-state index in [1.54, 1.807) is 0 Å². The topological polar surface area (TPSA) is 85.2 Å². The van der Waals surface area contributed by atoms with Crippen LogP contribution in [0.1, 0.15) is 19.3 Å². The van der Waals surface area contributed by atoms with E-state index < -0.39 is 27.9 Å². The van der Waals surface area contributed by atoms with Gasteiger partial charge in [0.2, 0.25) is 5.91 Å². The first-order valence-corrected chi connectivity index (χ1v) is 7.85. The molecule has 1 aromatic rings. The van der Waals surface area contributed by atoms with Crippen LogP contribution in [0, 0.1) is 21.7 Å². The first-order valence-electron chi connectivity index (χ1n) is 7.85. The van der Waals surface area contributed by atoms with E-state index in [2.05, 4.69) is 0 Å². The minimum Gasteiger partial charge on any atom is -0.353 e. The number of amides is 1. The van der Waals surface area contributed by atoms with Gasteiger partial charge >= 0.3 is 0 Å². The molecule has 1 unspecified atom stereocenters. The number of hydrogen-bond donors (Lipinski definition) is 0. The summed E-state index contributed by atoms with van der Waals surface area (Å²) >= 11 is 0. The molecule has 0 radical (unpaired) electrons. The van der Waals surface area contributed by atoms with Crippen molar-refractivity contribution in [1.29, 1.82) is 0 Å². The second-order valence-electron chi connectivity index (χ2n) is 5.88. The standard InChI is InChI=1S/C15H17F2N3O5/c16-11-5-10(20(22)23)6-12(17)15(11)18-7-13(21)19(8-18)9-25-14-3-1-2-4-24-14/h5-6,14H,1-4,7-9H2. The molecule has 0 spiro atoms. The van der Waals surface area contributed by atoms with E-state index in [0.717, 1.165) is 19.3 Å². The van der Waals surface area contributed by atoms with Crippen LogP contribution in [0.5, 0.6) is 0 Å². The summed E-state index contributed by atoms with van der Waals surface area (Å²) in [6, 6.07) is 1.27. The predicted octanol–water partition coefficient (Wildman–Crippen LogP) is 1.98. The van der Waals surface area contributed by atoms with Gasteiger partial charge in [0.25, 0.3) is 5.69 Å². The lowest BCUT2D eigenvalue weighted by atomic mass is 10.2. The fourth-order valence-corrected chi connectivity index (χ4v) is 2.84. The van der Waals surface area contributed by atoms with Crippen molar-refractivity contribution in [2.45, 2.75) is 25.6 Å². The van der Waals surface area contributed by atoms with Gasteiger partial charge in [0, 0.05) is 6.61 Å². The van der Waals surface area contributed by atoms with Crippen molar-refractivity contribution in [3.63, 3.8) is 0 Å². The van der Waals surface area contributed by atoms with Gasteiger partial charge in [0.1, 0.15) is 12.4 Å². The maximum atomic E-state index is 14.1. The third-order valence-corrected chi connectivity index (χ3v) is 4.10. The molecule has 10 heteroatoms. The normalized spacial score (nSPS) is 21.0. The number of nitrogens with zero attached hydrogens (tertiary/aromatic N) is 3. The van der Waals surface area contributed by atoms with E-state index in [1.165, 1.54) is 9.80 Å². The number of anilines is 1. The van der Waals surface area contributed by atoms with Crippen molar-refractivity contribution in [3.05, 3.63) is 33.9 Å². The van der Waals surface area contributed by atoms with Gasteiger partial charge in [-0.05, 0) is 19.3 Å². The second kappa shape index (κ2) is 7.28. The molecule has 2 fully saturated rings. The number of non-ortho nitro benzene ring substituents is 1. The Labute approximate surface area is 142 Å². The number of hydrogen-bond acceptors (Lipinski definition) is 6. The van der Waals surface area contributed by atoms with Crippen molar-refractivity contribution in [2.75, 3.05) is 31.5 Å². The van der Waals surface area contributed by atoms with Gasteiger partial charge in [-0.3, -0.25) is 19.8 Å². The molecule has 0 bridgehead atoms. The number of ether oxygens (including phenoxy) is 2. The van der Waals surface area contributed by atoms with E-state index in [-0.39, 0.29) is 32.1 Å². The zero-order chi connectivity index (χ0) is 18.0. The molecule has 8 nitrogen and oxygen atoms in total. The molecule has 0 aliphatic carbocycles. The molecule has 2 aliphatic heterocycles. The zero-order valence-corrected chi connectivity index (χ0v) is 13.3. The van der Waals surface area contributed by atoms with Crippen LogP contribution >= 0.6 is 0 Å². The highest BCUT2D eigenvalue weighted by atomic mass is 19.1. The summed E-state index contributed by atoms with van der Waals surface area (Å²) in [5.74, 6) is -2.52. The second-order valence-corrected chi connectivity index (χ2v) is 5.88. The van der Waals surface area contributed by atoms with Crippen LogP contribution in [0.15, 0.2) is 12.1 Å². The molecule has 1 amide bonds. The molecule has 136 valence electrons. The smallest absolute Gasteiger partial charge is 0.275 e. The lowest BCUT2D eigenvalue weighted by Crippen LogP contribution is -2.34.